The molecule has 1 saturated heterocycles. The van der Waals surface area contributed by atoms with Crippen molar-refractivity contribution >= 4 is 5.97 Å². The molecule has 2 atom stereocenters. The first-order chi connectivity index (χ1) is 5.20. The van der Waals surface area contributed by atoms with Gasteiger partial charge in [-0.2, -0.15) is 0 Å². The Labute approximate surface area is 66.7 Å². The molecule has 1 aliphatic rings. The zero-order chi connectivity index (χ0) is 8.27. The molecule has 0 radical (unpaired) electrons. The van der Waals surface area contributed by atoms with Gasteiger partial charge < -0.3 is 9.47 Å². The highest BCUT2D eigenvalue weighted by atomic mass is 16.7. The van der Waals surface area contributed by atoms with Gasteiger partial charge in [-0.1, -0.05) is 6.92 Å². The molecule has 1 heterocycles. The Kier molecular flexibility index (Phi) is 2.88. The van der Waals surface area contributed by atoms with Gasteiger partial charge in [0.1, 0.15) is 0 Å². The smallest absolute Gasteiger partial charge is 0.304 e. The quantitative estimate of drug-likeness (QED) is 0.540. The number of esters is 1. The maximum Gasteiger partial charge on any atom is 0.304 e. The Balaban J connectivity index is 2.35. The standard InChI is InChI=1S/C8H14O3/c1-6-4-3-5-10-8(6)11-7(2)9/h6,8H,3-5H2,1-2H3/t6-,8?/m1/s1. The van der Waals surface area contributed by atoms with Crippen LogP contribution in [0.15, 0.2) is 0 Å². The van der Waals surface area contributed by atoms with E-state index in [4.69, 9.17) is 9.47 Å². The van der Waals surface area contributed by atoms with Gasteiger partial charge in [-0.15, -0.1) is 0 Å². The minimum absolute atomic E-state index is 0.260. The first kappa shape index (κ1) is 8.53. The van der Waals surface area contributed by atoms with Crippen molar-refractivity contribution < 1.29 is 14.3 Å². The van der Waals surface area contributed by atoms with Crippen LogP contribution in [0.2, 0.25) is 0 Å². The fourth-order valence-corrected chi connectivity index (χ4v) is 1.22. The Hall–Kier alpha value is -0.570. The fraction of sp³-hybridized carbons (Fsp3) is 0.875. The topological polar surface area (TPSA) is 35.5 Å². The van der Waals surface area contributed by atoms with Gasteiger partial charge >= 0.3 is 5.97 Å². The van der Waals surface area contributed by atoms with Crippen LogP contribution in [0.3, 0.4) is 0 Å². The third-order valence-corrected chi connectivity index (χ3v) is 1.83. The van der Waals surface area contributed by atoms with E-state index in [2.05, 4.69) is 0 Å². The van der Waals surface area contributed by atoms with Crippen LogP contribution >= 0.6 is 0 Å². The first-order valence-corrected chi connectivity index (χ1v) is 3.99. The number of hydrogen-bond acceptors (Lipinski definition) is 3. The average Bonchev–Trinajstić information content (AvgIpc) is 1.93. The summed E-state index contributed by atoms with van der Waals surface area (Å²) in [6, 6.07) is 0. The highest BCUT2D eigenvalue weighted by Gasteiger charge is 2.24. The van der Waals surface area contributed by atoms with Crippen LogP contribution in [-0.4, -0.2) is 18.9 Å². The summed E-state index contributed by atoms with van der Waals surface area (Å²) < 4.78 is 10.2. The van der Waals surface area contributed by atoms with E-state index in [0.29, 0.717) is 12.5 Å². The molecular weight excluding hydrogens is 144 g/mol. The van der Waals surface area contributed by atoms with E-state index < -0.39 is 0 Å². The number of ether oxygens (including phenoxy) is 2. The number of carbonyl (C=O) groups is 1. The zero-order valence-electron chi connectivity index (χ0n) is 7.00. The average molecular weight is 158 g/mol. The van der Waals surface area contributed by atoms with Gasteiger partial charge in [0.15, 0.2) is 0 Å². The largest absolute Gasteiger partial charge is 0.436 e. The van der Waals surface area contributed by atoms with E-state index in [1.54, 1.807) is 0 Å². The molecule has 0 saturated carbocycles. The summed E-state index contributed by atoms with van der Waals surface area (Å²) in [6.07, 6.45) is 1.85. The summed E-state index contributed by atoms with van der Waals surface area (Å²) in [5.41, 5.74) is 0. The molecule has 3 heteroatoms. The second kappa shape index (κ2) is 3.72. The summed E-state index contributed by atoms with van der Waals surface area (Å²) >= 11 is 0. The van der Waals surface area contributed by atoms with E-state index in [1.165, 1.54) is 6.92 Å². The van der Waals surface area contributed by atoms with Gasteiger partial charge in [0.2, 0.25) is 6.29 Å². The van der Waals surface area contributed by atoms with Crippen molar-refractivity contribution in [3.8, 4) is 0 Å². The van der Waals surface area contributed by atoms with Crippen molar-refractivity contribution in [3.63, 3.8) is 0 Å². The van der Waals surface area contributed by atoms with Crippen LogP contribution in [0, 0.1) is 5.92 Å². The lowest BCUT2D eigenvalue weighted by Gasteiger charge is -2.27. The molecule has 0 N–H and O–H groups in total. The van der Waals surface area contributed by atoms with Crippen LogP contribution in [-0.2, 0) is 14.3 Å². The molecule has 64 valence electrons. The molecule has 0 aliphatic carbocycles. The Morgan fingerprint density at radius 3 is 2.91 bits per heavy atom. The van der Waals surface area contributed by atoms with Crippen molar-refractivity contribution in [1.82, 2.24) is 0 Å². The molecule has 0 aromatic carbocycles. The highest BCUT2D eigenvalue weighted by Crippen LogP contribution is 2.20. The van der Waals surface area contributed by atoms with Crippen molar-refractivity contribution in [3.05, 3.63) is 0 Å². The number of carbonyl (C=O) groups excluding carboxylic acids is 1. The molecule has 0 aromatic rings. The van der Waals surface area contributed by atoms with Crippen molar-refractivity contribution in [1.29, 1.82) is 0 Å². The normalized spacial score (nSPS) is 31.5. The molecule has 0 spiro atoms. The monoisotopic (exact) mass is 158 g/mol. The van der Waals surface area contributed by atoms with Crippen molar-refractivity contribution in [2.75, 3.05) is 6.61 Å². The van der Waals surface area contributed by atoms with Gasteiger partial charge in [-0.25, -0.2) is 0 Å². The molecular formula is C8H14O3. The molecule has 1 aliphatic heterocycles. The van der Waals surface area contributed by atoms with Crippen LogP contribution in [0.4, 0.5) is 0 Å². The molecule has 0 amide bonds. The zero-order valence-corrected chi connectivity index (χ0v) is 7.00. The lowest BCUT2D eigenvalue weighted by Crippen LogP contribution is -2.31. The third-order valence-electron chi connectivity index (χ3n) is 1.83. The lowest BCUT2D eigenvalue weighted by molar-refractivity contribution is -0.198. The van der Waals surface area contributed by atoms with E-state index in [0.717, 1.165) is 12.8 Å². The molecule has 11 heavy (non-hydrogen) atoms. The second-order valence-corrected chi connectivity index (χ2v) is 2.97. The maximum absolute atomic E-state index is 10.6. The van der Waals surface area contributed by atoms with E-state index in [-0.39, 0.29) is 12.3 Å². The summed E-state index contributed by atoms with van der Waals surface area (Å²) in [5, 5.41) is 0. The maximum atomic E-state index is 10.6. The molecule has 1 rings (SSSR count). The van der Waals surface area contributed by atoms with Gasteiger partial charge in [-0.05, 0) is 12.8 Å². The molecule has 1 fully saturated rings. The minimum Gasteiger partial charge on any atom is -0.436 e. The van der Waals surface area contributed by atoms with Gasteiger partial charge in [0, 0.05) is 12.8 Å². The Morgan fingerprint density at radius 2 is 2.36 bits per heavy atom. The molecule has 0 aromatic heterocycles. The molecule has 0 bridgehead atoms. The summed E-state index contributed by atoms with van der Waals surface area (Å²) in [6.45, 7) is 4.15. The summed E-state index contributed by atoms with van der Waals surface area (Å²) in [4.78, 5) is 10.6. The Bertz CT molecular complexity index is 144. The van der Waals surface area contributed by atoms with Crippen LogP contribution in [0.1, 0.15) is 26.7 Å². The first-order valence-electron chi connectivity index (χ1n) is 3.99. The van der Waals surface area contributed by atoms with E-state index in [1.807, 2.05) is 6.92 Å². The predicted molar refractivity (Wildman–Crippen MR) is 39.9 cm³/mol. The van der Waals surface area contributed by atoms with E-state index in [9.17, 15) is 4.79 Å². The fourth-order valence-electron chi connectivity index (χ4n) is 1.22. The van der Waals surface area contributed by atoms with Crippen molar-refractivity contribution in [2.45, 2.75) is 33.0 Å². The molecule has 3 nitrogen and oxygen atoms in total. The van der Waals surface area contributed by atoms with Crippen molar-refractivity contribution in [2.24, 2.45) is 5.92 Å². The third kappa shape index (κ3) is 2.50. The van der Waals surface area contributed by atoms with Crippen LogP contribution in [0.25, 0.3) is 0 Å². The summed E-state index contributed by atoms with van der Waals surface area (Å²) in [7, 11) is 0. The van der Waals surface area contributed by atoms with E-state index >= 15 is 0 Å². The highest BCUT2D eigenvalue weighted by molar-refractivity contribution is 5.66. The Morgan fingerprint density at radius 1 is 1.64 bits per heavy atom. The number of hydrogen-bond donors (Lipinski definition) is 0. The predicted octanol–water partition coefficient (Wildman–Crippen LogP) is 1.32. The second-order valence-electron chi connectivity index (χ2n) is 2.97. The molecule has 1 unspecified atom stereocenters. The summed E-state index contributed by atoms with van der Waals surface area (Å²) in [5.74, 6) is 0.0800. The van der Waals surface area contributed by atoms with Gasteiger partial charge in [-0.3, -0.25) is 4.79 Å². The minimum atomic E-state index is -0.304. The van der Waals surface area contributed by atoms with Crippen LogP contribution < -0.4 is 0 Å². The number of rotatable bonds is 1. The van der Waals surface area contributed by atoms with Gasteiger partial charge in [0.25, 0.3) is 0 Å². The van der Waals surface area contributed by atoms with Crippen LogP contribution in [0.5, 0.6) is 0 Å². The SMILES string of the molecule is CC(=O)OC1OCCC[C@H]1C. The van der Waals surface area contributed by atoms with Gasteiger partial charge in [0.05, 0.1) is 6.61 Å². The lowest BCUT2D eigenvalue weighted by atomic mass is 10.0.